The van der Waals surface area contributed by atoms with Gasteiger partial charge in [-0.1, -0.05) is 0 Å². The molecule has 0 aliphatic heterocycles. The number of aliphatic carboxylic acids is 1. The second-order valence-electron chi connectivity index (χ2n) is 6.06. The fraction of sp³-hybridized carbons (Fsp3) is 0.625. The highest BCUT2D eigenvalue weighted by molar-refractivity contribution is 5.77. The number of nitrogens with zero attached hydrogens (tertiary/aromatic N) is 1. The minimum Gasteiger partial charge on any atom is -0.481 e. The normalized spacial score (nSPS) is 15.4. The van der Waals surface area contributed by atoms with Crippen molar-refractivity contribution in [1.29, 1.82) is 0 Å². The predicted octanol–water partition coefficient (Wildman–Crippen LogP) is -1.48. The van der Waals surface area contributed by atoms with Crippen molar-refractivity contribution in [3.8, 4) is 0 Å². The lowest BCUT2D eigenvalue weighted by Crippen LogP contribution is -2.58. The lowest BCUT2D eigenvalue weighted by atomic mass is 10.1. The average Bonchev–Trinajstić information content (AvgIpc) is 3.10. The van der Waals surface area contributed by atoms with Crippen LogP contribution in [-0.4, -0.2) is 74.7 Å². The molecule has 0 fully saturated rings. The van der Waals surface area contributed by atoms with E-state index in [4.69, 9.17) is 5.11 Å². The Kier molecular flexibility index (Phi) is 9.40. The number of esters is 1. The van der Waals surface area contributed by atoms with Gasteiger partial charge in [0.1, 0.15) is 12.3 Å². The van der Waals surface area contributed by atoms with Crippen molar-refractivity contribution in [3.05, 3.63) is 18.2 Å². The number of hydrogen-bond acceptors (Lipinski definition) is 8. The zero-order valence-electron chi connectivity index (χ0n) is 15.2. The van der Waals surface area contributed by atoms with Crippen molar-refractivity contribution in [2.45, 2.75) is 57.0 Å². The Labute approximate surface area is 156 Å². The molecule has 0 aromatic carbocycles. The summed E-state index contributed by atoms with van der Waals surface area (Å²) in [5.41, 5.74) is 0.623. The summed E-state index contributed by atoms with van der Waals surface area (Å²) in [4.78, 5) is 41.1. The molecule has 6 N–H and O–H groups in total. The van der Waals surface area contributed by atoms with Gasteiger partial charge in [0, 0.05) is 31.2 Å². The summed E-state index contributed by atoms with van der Waals surface area (Å²) >= 11 is 0. The maximum atomic E-state index is 12.1. The minimum absolute atomic E-state index is 0.0324. The number of H-pyrrole nitrogens is 1. The maximum Gasteiger partial charge on any atom is 0.325 e. The van der Waals surface area contributed by atoms with Crippen LogP contribution >= 0.6 is 0 Å². The first-order valence-corrected chi connectivity index (χ1v) is 8.43. The number of rotatable bonds is 12. The van der Waals surface area contributed by atoms with Gasteiger partial charge in [0.05, 0.1) is 25.6 Å². The molecule has 0 bridgehead atoms. The smallest absolute Gasteiger partial charge is 0.325 e. The van der Waals surface area contributed by atoms with Crippen LogP contribution in [0.3, 0.4) is 0 Å². The quantitative estimate of drug-likeness (QED) is 0.185. The lowest BCUT2D eigenvalue weighted by Gasteiger charge is -2.29. The van der Waals surface area contributed by atoms with Crippen molar-refractivity contribution < 1.29 is 34.4 Å². The van der Waals surface area contributed by atoms with Crippen LogP contribution in [0.25, 0.3) is 0 Å². The number of imidazole rings is 1. The second kappa shape index (κ2) is 11.3. The van der Waals surface area contributed by atoms with Gasteiger partial charge < -0.3 is 30.4 Å². The molecular weight excluding hydrogens is 360 g/mol. The summed E-state index contributed by atoms with van der Waals surface area (Å²) in [6, 6.07) is -2.06. The van der Waals surface area contributed by atoms with Crippen LogP contribution in [0.4, 0.5) is 0 Å². The molecule has 0 saturated heterocycles. The molecule has 1 aromatic heterocycles. The molecule has 0 spiro atoms. The van der Waals surface area contributed by atoms with Crippen molar-refractivity contribution in [2.75, 3.05) is 7.11 Å². The number of carbonyl (C=O) groups is 3. The first kappa shape index (κ1) is 22.5. The number of carbonyl (C=O) groups excluding carboxylic acids is 2. The molecule has 1 aromatic rings. The SMILES string of the molecule is COC(=O)C(NC(O)C(Cc1cnc[nH]1)NC(=O)CCCC(=O)O)C(C)O. The Hall–Kier alpha value is -2.50. The molecule has 11 heteroatoms. The number of ether oxygens (including phenoxy) is 1. The molecule has 4 atom stereocenters. The van der Waals surface area contributed by atoms with E-state index in [0.717, 1.165) is 7.11 Å². The number of carboxylic acids is 1. The van der Waals surface area contributed by atoms with E-state index < -0.39 is 42.3 Å². The monoisotopic (exact) mass is 386 g/mol. The molecule has 0 aliphatic rings. The molecule has 152 valence electrons. The first-order chi connectivity index (χ1) is 12.7. The molecule has 0 radical (unpaired) electrons. The largest absolute Gasteiger partial charge is 0.481 e. The van der Waals surface area contributed by atoms with Crippen LogP contribution in [0.2, 0.25) is 0 Å². The standard InChI is InChI=1S/C16H26N4O7/c1-9(21)14(16(26)27-2)20-15(25)11(6-10-7-17-8-18-10)19-12(22)4-3-5-13(23)24/h7-9,11,14-15,20-21,25H,3-6H2,1-2H3,(H,17,18)(H,19,22)(H,23,24). The molecule has 0 aliphatic carbocycles. The van der Waals surface area contributed by atoms with Crippen LogP contribution in [0, 0.1) is 0 Å². The first-order valence-electron chi connectivity index (χ1n) is 8.43. The number of aromatic nitrogens is 2. The Bertz CT molecular complexity index is 606. The topological polar surface area (TPSA) is 174 Å². The summed E-state index contributed by atoms with van der Waals surface area (Å²) in [5, 5.41) is 34.0. The third kappa shape index (κ3) is 8.15. The van der Waals surface area contributed by atoms with Crippen molar-refractivity contribution >= 4 is 17.8 Å². The van der Waals surface area contributed by atoms with Gasteiger partial charge in [0.15, 0.2) is 0 Å². The second-order valence-corrected chi connectivity index (χ2v) is 6.06. The summed E-state index contributed by atoms with van der Waals surface area (Å²) in [7, 11) is 1.15. The number of amides is 1. The van der Waals surface area contributed by atoms with Crippen molar-refractivity contribution in [1.82, 2.24) is 20.6 Å². The molecule has 11 nitrogen and oxygen atoms in total. The highest BCUT2D eigenvalue weighted by atomic mass is 16.5. The zero-order valence-corrected chi connectivity index (χ0v) is 15.2. The van der Waals surface area contributed by atoms with E-state index in [1.165, 1.54) is 19.4 Å². The van der Waals surface area contributed by atoms with Crippen LogP contribution < -0.4 is 10.6 Å². The van der Waals surface area contributed by atoms with E-state index in [1.54, 1.807) is 0 Å². The Morgan fingerprint density at radius 2 is 2.00 bits per heavy atom. The van der Waals surface area contributed by atoms with E-state index >= 15 is 0 Å². The number of hydrogen-bond donors (Lipinski definition) is 6. The fourth-order valence-electron chi connectivity index (χ4n) is 2.39. The Balaban J connectivity index is 2.78. The molecule has 1 heterocycles. The van der Waals surface area contributed by atoms with Crippen LogP contribution in [0.5, 0.6) is 0 Å². The van der Waals surface area contributed by atoms with Gasteiger partial charge in [-0.05, 0) is 13.3 Å². The predicted molar refractivity (Wildman–Crippen MR) is 92.3 cm³/mol. The number of methoxy groups -OCH3 is 1. The summed E-state index contributed by atoms with van der Waals surface area (Å²) < 4.78 is 4.59. The maximum absolute atomic E-state index is 12.1. The highest BCUT2D eigenvalue weighted by Gasteiger charge is 2.31. The van der Waals surface area contributed by atoms with E-state index in [-0.39, 0.29) is 25.7 Å². The molecular formula is C16H26N4O7. The van der Waals surface area contributed by atoms with Gasteiger partial charge in [0.25, 0.3) is 0 Å². The number of aliphatic hydroxyl groups excluding tert-OH is 2. The zero-order chi connectivity index (χ0) is 20.4. The fourth-order valence-corrected chi connectivity index (χ4v) is 2.39. The van der Waals surface area contributed by atoms with E-state index in [0.29, 0.717) is 5.69 Å². The van der Waals surface area contributed by atoms with E-state index in [9.17, 15) is 24.6 Å². The summed E-state index contributed by atoms with van der Waals surface area (Å²) in [5.74, 6) is -2.22. The van der Waals surface area contributed by atoms with E-state index in [1.807, 2.05) is 0 Å². The molecule has 4 unspecified atom stereocenters. The number of aromatic amines is 1. The van der Waals surface area contributed by atoms with Crippen molar-refractivity contribution in [3.63, 3.8) is 0 Å². The highest BCUT2D eigenvalue weighted by Crippen LogP contribution is 2.06. The van der Waals surface area contributed by atoms with Crippen LogP contribution in [0.1, 0.15) is 31.9 Å². The molecule has 27 heavy (non-hydrogen) atoms. The van der Waals surface area contributed by atoms with Crippen molar-refractivity contribution in [2.24, 2.45) is 0 Å². The van der Waals surface area contributed by atoms with Crippen LogP contribution in [0.15, 0.2) is 12.5 Å². The summed E-state index contributed by atoms with van der Waals surface area (Å²) in [6.45, 7) is 1.36. The Morgan fingerprint density at radius 3 is 2.52 bits per heavy atom. The minimum atomic E-state index is -1.39. The molecule has 1 amide bonds. The van der Waals surface area contributed by atoms with Crippen LogP contribution in [-0.2, 0) is 25.5 Å². The van der Waals surface area contributed by atoms with Gasteiger partial charge in [-0.3, -0.25) is 19.7 Å². The van der Waals surface area contributed by atoms with Gasteiger partial charge in [0.2, 0.25) is 5.91 Å². The van der Waals surface area contributed by atoms with E-state index in [2.05, 4.69) is 25.3 Å². The number of carboxylic acid groups (broad SMARTS) is 1. The van der Waals surface area contributed by atoms with Gasteiger partial charge >= 0.3 is 11.9 Å². The van der Waals surface area contributed by atoms with Gasteiger partial charge in [-0.2, -0.15) is 0 Å². The molecule has 1 rings (SSSR count). The van der Waals surface area contributed by atoms with Gasteiger partial charge in [-0.15, -0.1) is 0 Å². The number of nitrogens with one attached hydrogen (secondary N) is 3. The summed E-state index contributed by atoms with van der Waals surface area (Å²) in [6.07, 6.45) is 0.547. The Morgan fingerprint density at radius 1 is 1.30 bits per heavy atom. The number of aliphatic hydroxyl groups is 2. The third-order valence-electron chi connectivity index (χ3n) is 3.80. The average molecular weight is 386 g/mol. The molecule has 0 saturated carbocycles. The third-order valence-corrected chi connectivity index (χ3v) is 3.80. The lowest BCUT2D eigenvalue weighted by molar-refractivity contribution is -0.147. The van der Waals surface area contributed by atoms with Gasteiger partial charge in [-0.25, -0.2) is 4.98 Å².